The van der Waals surface area contributed by atoms with Crippen molar-refractivity contribution in [3.8, 4) is 0 Å². The second-order valence-corrected chi connectivity index (χ2v) is 5.83. The second-order valence-electron chi connectivity index (χ2n) is 5.42. The van der Waals surface area contributed by atoms with Gasteiger partial charge in [0, 0.05) is 12.1 Å². The Kier molecular flexibility index (Phi) is 3.99. The van der Waals surface area contributed by atoms with Crippen LogP contribution in [-0.2, 0) is 5.54 Å². The van der Waals surface area contributed by atoms with Gasteiger partial charge in [0.1, 0.15) is 5.54 Å². The van der Waals surface area contributed by atoms with Gasteiger partial charge in [0.15, 0.2) is 5.82 Å². The summed E-state index contributed by atoms with van der Waals surface area (Å²) >= 11 is 6.01. The fourth-order valence-corrected chi connectivity index (χ4v) is 3.11. The van der Waals surface area contributed by atoms with E-state index in [1.165, 1.54) is 18.5 Å². The van der Waals surface area contributed by atoms with Crippen LogP contribution in [0.1, 0.15) is 41.9 Å². The Labute approximate surface area is 136 Å². The number of benzene rings is 1. The first kappa shape index (κ1) is 15.4. The van der Waals surface area contributed by atoms with Crippen LogP contribution >= 0.6 is 11.6 Å². The fourth-order valence-electron chi connectivity index (χ4n) is 2.85. The van der Waals surface area contributed by atoms with Crippen molar-refractivity contribution in [2.75, 3.05) is 0 Å². The molecule has 1 N–H and O–H groups in total. The van der Waals surface area contributed by atoms with Crippen LogP contribution in [0.3, 0.4) is 0 Å². The third-order valence-corrected chi connectivity index (χ3v) is 4.32. The number of amides is 1. The zero-order valence-corrected chi connectivity index (χ0v) is 12.7. The van der Waals surface area contributed by atoms with E-state index in [1.54, 1.807) is 0 Å². The second kappa shape index (κ2) is 5.96. The van der Waals surface area contributed by atoms with Crippen molar-refractivity contribution in [1.82, 2.24) is 15.5 Å². The summed E-state index contributed by atoms with van der Waals surface area (Å²) in [6, 6.07) is 3.75. The molecule has 1 aliphatic carbocycles. The predicted octanol–water partition coefficient (Wildman–Crippen LogP) is 2.83. The van der Waals surface area contributed by atoms with E-state index >= 15 is 0 Å². The Hall–Kier alpha value is -2.48. The molecule has 9 heteroatoms. The van der Waals surface area contributed by atoms with Gasteiger partial charge in [-0.2, -0.15) is 4.98 Å². The van der Waals surface area contributed by atoms with Gasteiger partial charge in [-0.25, -0.2) is 0 Å². The van der Waals surface area contributed by atoms with Crippen LogP contribution < -0.4 is 5.32 Å². The highest BCUT2D eigenvalue weighted by molar-refractivity contribution is 6.34. The summed E-state index contributed by atoms with van der Waals surface area (Å²) in [5, 5.41) is 17.5. The van der Waals surface area contributed by atoms with Crippen molar-refractivity contribution < 1.29 is 14.2 Å². The molecule has 2 aromatic rings. The van der Waals surface area contributed by atoms with Crippen LogP contribution in [0.15, 0.2) is 29.1 Å². The SMILES string of the molecule is O=C(NC1(c2ncon2)CCCC1)c1ccc([N+](=O)[O-])cc1Cl. The van der Waals surface area contributed by atoms with Gasteiger partial charge in [0.25, 0.3) is 11.6 Å². The Morgan fingerprint density at radius 3 is 2.70 bits per heavy atom. The molecular formula is C14H13ClN4O4. The van der Waals surface area contributed by atoms with Crippen LogP contribution in [0.4, 0.5) is 5.69 Å². The maximum absolute atomic E-state index is 12.6. The molecule has 1 heterocycles. The first-order valence-electron chi connectivity index (χ1n) is 7.05. The maximum Gasteiger partial charge on any atom is 0.270 e. The highest BCUT2D eigenvalue weighted by atomic mass is 35.5. The Bertz CT molecular complexity index is 741. The monoisotopic (exact) mass is 336 g/mol. The third kappa shape index (κ3) is 2.89. The lowest BCUT2D eigenvalue weighted by Gasteiger charge is -2.26. The number of hydrogen-bond donors (Lipinski definition) is 1. The van der Waals surface area contributed by atoms with Gasteiger partial charge in [-0.1, -0.05) is 29.6 Å². The van der Waals surface area contributed by atoms with E-state index in [1.807, 2.05) is 0 Å². The highest BCUT2D eigenvalue weighted by Crippen LogP contribution is 2.37. The summed E-state index contributed by atoms with van der Waals surface area (Å²) in [5.41, 5.74) is -0.679. The van der Waals surface area contributed by atoms with E-state index in [2.05, 4.69) is 15.5 Å². The fraction of sp³-hybridized carbons (Fsp3) is 0.357. The van der Waals surface area contributed by atoms with E-state index in [0.717, 1.165) is 18.9 Å². The number of carbonyl (C=O) groups is 1. The van der Waals surface area contributed by atoms with Gasteiger partial charge in [0.05, 0.1) is 15.5 Å². The largest absolute Gasteiger partial charge is 0.343 e. The van der Waals surface area contributed by atoms with E-state index in [-0.39, 0.29) is 16.3 Å². The molecule has 1 fully saturated rings. The van der Waals surface area contributed by atoms with Gasteiger partial charge >= 0.3 is 0 Å². The molecule has 1 amide bonds. The van der Waals surface area contributed by atoms with Crippen molar-refractivity contribution in [2.45, 2.75) is 31.2 Å². The van der Waals surface area contributed by atoms with Gasteiger partial charge < -0.3 is 9.84 Å². The predicted molar refractivity (Wildman–Crippen MR) is 80.0 cm³/mol. The maximum atomic E-state index is 12.6. The van der Waals surface area contributed by atoms with Crippen LogP contribution in [0, 0.1) is 10.1 Å². The zero-order chi connectivity index (χ0) is 16.4. The van der Waals surface area contributed by atoms with Crippen molar-refractivity contribution in [1.29, 1.82) is 0 Å². The molecule has 1 saturated carbocycles. The number of nitro groups is 1. The lowest BCUT2D eigenvalue weighted by atomic mass is 9.96. The third-order valence-electron chi connectivity index (χ3n) is 4.01. The Morgan fingerprint density at radius 1 is 1.39 bits per heavy atom. The van der Waals surface area contributed by atoms with Gasteiger partial charge in [0.2, 0.25) is 6.39 Å². The molecule has 8 nitrogen and oxygen atoms in total. The van der Waals surface area contributed by atoms with Gasteiger partial charge in [-0.05, 0) is 18.9 Å². The number of non-ortho nitro benzene ring substituents is 1. The summed E-state index contributed by atoms with van der Waals surface area (Å²) in [4.78, 5) is 26.8. The molecule has 0 radical (unpaired) electrons. The molecule has 3 rings (SSSR count). The molecule has 1 aromatic heterocycles. The van der Waals surface area contributed by atoms with Gasteiger partial charge in [-0.15, -0.1) is 0 Å². The quantitative estimate of drug-likeness (QED) is 0.678. The number of aromatic nitrogens is 2. The van der Waals surface area contributed by atoms with Crippen LogP contribution in [-0.4, -0.2) is 21.0 Å². The van der Waals surface area contributed by atoms with Crippen molar-refractivity contribution in [2.24, 2.45) is 0 Å². The lowest BCUT2D eigenvalue weighted by molar-refractivity contribution is -0.384. The van der Waals surface area contributed by atoms with E-state index in [4.69, 9.17) is 16.1 Å². The Morgan fingerprint density at radius 2 is 2.13 bits per heavy atom. The Balaban J connectivity index is 1.87. The molecule has 1 aromatic carbocycles. The number of rotatable bonds is 4. The molecule has 0 saturated heterocycles. The standard InChI is InChI=1S/C14H13ClN4O4/c15-11-7-9(19(21)22)3-4-10(11)12(20)17-14(5-1-2-6-14)13-16-8-23-18-13/h3-4,7-8H,1-2,5-6H2,(H,17,20). The topological polar surface area (TPSA) is 111 Å². The van der Waals surface area contributed by atoms with Gasteiger partial charge in [-0.3, -0.25) is 14.9 Å². The van der Waals surface area contributed by atoms with Crippen LogP contribution in [0.5, 0.6) is 0 Å². The molecule has 0 bridgehead atoms. The minimum absolute atomic E-state index is 0.0259. The summed E-state index contributed by atoms with van der Waals surface area (Å²) in [5.74, 6) is 0.0120. The number of nitrogens with zero attached hydrogens (tertiary/aromatic N) is 3. The molecule has 0 unspecified atom stereocenters. The van der Waals surface area contributed by atoms with Crippen LogP contribution in [0.25, 0.3) is 0 Å². The molecular weight excluding hydrogens is 324 g/mol. The average Bonchev–Trinajstić information content (AvgIpc) is 3.18. The summed E-state index contributed by atoms with van der Waals surface area (Å²) in [7, 11) is 0. The molecule has 23 heavy (non-hydrogen) atoms. The highest BCUT2D eigenvalue weighted by Gasteiger charge is 2.41. The van der Waals surface area contributed by atoms with Crippen molar-refractivity contribution in [3.63, 3.8) is 0 Å². The molecule has 0 aliphatic heterocycles. The minimum atomic E-state index is -0.685. The smallest absolute Gasteiger partial charge is 0.270 e. The van der Waals surface area contributed by atoms with E-state index in [0.29, 0.717) is 18.7 Å². The lowest BCUT2D eigenvalue weighted by Crippen LogP contribution is -2.44. The number of nitro benzene ring substituents is 1. The first-order valence-corrected chi connectivity index (χ1v) is 7.43. The average molecular weight is 337 g/mol. The number of nitrogens with one attached hydrogen (secondary N) is 1. The summed E-state index contributed by atoms with van der Waals surface area (Å²) < 4.78 is 4.79. The molecule has 1 aliphatic rings. The minimum Gasteiger partial charge on any atom is -0.343 e. The van der Waals surface area contributed by atoms with E-state index in [9.17, 15) is 14.9 Å². The van der Waals surface area contributed by atoms with Crippen molar-refractivity contribution in [3.05, 3.63) is 51.1 Å². The molecule has 0 atom stereocenters. The molecule has 0 spiro atoms. The normalized spacial score (nSPS) is 16.2. The number of carbonyl (C=O) groups excluding carboxylic acids is 1. The summed E-state index contributed by atoms with van der Waals surface area (Å²) in [6.07, 6.45) is 4.48. The van der Waals surface area contributed by atoms with Crippen LogP contribution in [0.2, 0.25) is 5.02 Å². The first-order chi connectivity index (χ1) is 11.0. The number of hydrogen-bond acceptors (Lipinski definition) is 6. The van der Waals surface area contributed by atoms with E-state index < -0.39 is 16.4 Å². The van der Waals surface area contributed by atoms with Crippen molar-refractivity contribution >= 4 is 23.2 Å². The molecule has 120 valence electrons. The number of halogens is 1. The summed E-state index contributed by atoms with van der Waals surface area (Å²) in [6.45, 7) is 0. The zero-order valence-electron chi connectivity index (χ0n) is 12.0.